The van der Waals surface area contributed by atoms with Gasteiger partial charge in [0.15, 0.2) is 0 Å². The molecule has 6 nitrogen and oxygen atoms in total. The number of amides is 1. The van der Waals surface area contributed by atoms with Crippen LogP contribution in [0.1, 0.15) is 20.3 Å². The number of carbonyl (C=O) groups excluding carboxylic acids is 1. The Morgan fingerprint density at radius 1 is 1.42 bits per heavy atom. The molecule has 1 amide bonds. The van der Waals surface area contributed by atoms with Crippen molar-refractivity contribution in [3.05, 3.63) is 0 Å². The van der Waals surface area contributed by atoms with Gasteiger partial charge in [0, 0.05) is 32.0 Å². The highest BCUT2D eigenvalue weighted by molar-refractivity contribution is 7.89. The van der Waals surface area contributed by atoms with E-state index in [0.29, 0.717) is 13.1 Å². The molecule has 1 heterocycles. The number of likely N-dealkylation sites (tertiary alicyclic amines) is 1. The topological polar surface area (TPSA) is 83.7 Å². The second kappa shape index (κ2) is 5.76. The lowest BCUT2D eigenvalue weighted by molar-refractivity contribution is -0.129. The van der Waals surface area contributed by atoms with E-state index in [1.54, 1.807) is 4.90 Å². The lowest BCUT2D eigenvalue weighted by atomic mass is 9.92. The second-order valence-corrected chi connectivity index (χ2v) is 8.23. The molecule has 2 N–H and O–H groups in total. The van der Waals surface area contributed by atoms with E-state index >= 15 is 0 Å². The Bertz CT molecular complexity index is 432. The van der Waals surface area contributed by atoms with Gasteiger partial charge in [0.25, 0.3) is 0 Å². The summed E-state index contributed by atoms with van der Waals surface area (Å²) in [5.74, 6) is -0.248. The van der Waals surface area contributed by atoms with Crippen molar-refractivity contribution in [1.29, 1.82) is 0 Å². The van der Waals surface area contributed by atoms with Crippen molar-refractivity contribution in [1.82, 2.24) is 9.80 Å². The third-order valence-corrected chi connectivity index (χ3v) is 4.06. The molecule has 0 radical (unpaired) electrons. The molecule has 1 atom stereocenters. The van der Waals surface area contributed by atoms with Gasteiger partial charge in [-0.2, -0.15) is 0 Å². The predicted molar refractivity (Wildman–Crippen MR) is 75.0 cm³/mol. The first-order chi connectivity index (χ1) is 8.48. The molecule has 0 saturated carbocycles. The summed E-state index contributed by atoms with van der Waals surface area (Å²) >= 11 is 0. The monoisotopic (exact) mass is 291 g/mol. The molecular formula is C12H25N3O3S. The molecule has 7 heteroatoms. The van der Waals surface area contributed by atoms with Gasteiger partial charge in [-0.25, -0.2) is 13.6 Å². The zero-order chi connectivity index (χ0) is 14.8. The lowest BCUT2D eigenvalue weighted by Crippen LogP contribution is -2.41. The third kappa shape index (κ3) is 5.88. The van der Waals surface area contributed by atoms with E-state index in [1.807, 2.05) is 14.1 Å². The van der Waals surface area contributed by atoms with Crippen molar-refractivity contribution in [2.75, 3.05) is 39.5 Å². The normalized spacial score (nSPS) is 21.5. The molecule has 0 spiro atoms. The van der Waals surface area contributed by atoms with Crippen molar-refractivity contribution >= 4 is 15.9 Å². The van der Waals surface area contributed by atoms with Crippen molar-refractivity contribution < 1.29 is 13.2 Å². The summed E-state index contributed by atoms with van der Waals surface area (Å²) in [4.78, 5) is 15.8. The Morgan fingerprint density at radius 2 is 2.00 bits per heavy atom. The fraction of sp³-hybridized carbons (Fsp3) is 0.917. The summed E-state index contributed by atoms with van der Waals surface area (Å²) in [6, 6.07) is 0. The summed E-state index contributed by atoms with van der Waals surface area (Å²) in [5, 5.41) is 5.04. The minimum absolute atomic E-state index is 0.0182. The first-order valence-corrected chi connectivity index (χ1v) is 8.13. The van der Waals surface area contributed by atoms with Crippen LogP contribution in [-0.4, -0.2) is 63.6 Å². The number of sulfonamides is 1. The maximum Gasteiger partial charge on any atom is 0.222 e. The molecular weight excluding hydrogens is 266 g/mol. The van der Waals surface area contributed by atoms with Gasteiger partial charge >= 0.3 is 0 Å². The first-order valence-electron chi connectivity index (χ1n) is 6.41. The molecule has 0 aromatic carbocycles. The summed E-state index contributed by atoms with van der Waals surface area (Å²) in [7, 11) is 0.491. The summed E-state index contributed by atoms with van der Waals surface area (Å²) in [6.45, 7) is 6.22. The molecule has 0 bridgehead atoms. The van der Waals surface area contributed by atoms with Crippen molar-refractivity contribution in [3.63, 3.8) is 0 Å². The molecule has 1 unspecified atom stereocenters. The minimum atomic E-state index is -3.50. The largest absolute Gasteiger partial charge is 0.342 e. The van der Waals surface area contributed by atoms with Crippen LogP contribution in [0.25, 0.3) is 0 Å². The van der Waals surface area contributed by atoms with Gasteiger partial charge in [-0.3, -0.25) is 4.79 Å². The molecule has 112 valence electrons. The highest BCUT2D eigenvalue weighted by Gasteiger charge is 2.35. The van der Waals surface area contributed by atoms with Gasteiger partial charge in [0.1, 0.15) is 0 Å². The van der Waals surface area contributed by atoms with Gasteiger partial charge in [0.2, 0.25) is 15.9 Å². The molecule has 0 aromatic rings. The zero-order valence-corrected chi connectivity index (χ0v) is 13.0. The number of rotatable bonds is 6. The predicted octanol–water partition coefficient (Wildman–Crippen LogP) is -0.289. The van der Waals surface area contributed by atoms with Gasteiger partial charge in [-0.15, -0.1) is 0 Å². The van der Waals surface area contributed by atoms with Crippen molar-refractivity contribution in [3.8, 4) is 0 Å². The molecule has 1 rings (SSSR count). The van der Waals surface area contributed by atoms with Gasteiger partial charge in [-0.1, -0.05) is 13.8 Å². The zero-order valence-electron chi connectivity index (χ0n) is 12.2. The fourth-order valence-electron chi connectivity index (χ4n) is 2.87. The standard InChI is InChI=1S/C12H25N3O3S/c1-12(2,8-14(3)4)9-15-6-10(5-11(15)16)7-19(13,17)18/h10H,5-9H2,1-4H3,(H2,13,17,18). The van der Waals surface area contributed by atoms with E-state index in [4.69, 9.17) is 5.14 Å². The summed E-state index contributed by atoms with van der Waals surface area (Å²) in [5.41, 5.74) is -0.0182. The third-order valence-electron chi connectivity index (χ3n) is 3.13. The molecule has 1 aliphatic rings. The fourth-order valence-corrected chi connectivity index (χ4v) is 3.75. The smallest absolute Gasteiger partial charge is 0.222 e. The van der Waals surface area contributed by atoms with Crippen LogP contribution in [0, 0.1) is 11.3 Å². The molecule has 1 fully saturated rings. The number of nitrogens with zero attached hydrogens (tertiary/aromatic N) is 2. The van der Waals surface area contributed by atoms with E-state index in [1.165, 1.54) is 0 Å². The van der Waals surface area contributed by atoms with Crippen molar-refractivity contribution in [2.24, 2.45) is 16.5 Å². The van der Waals surface area contributed by atoms with E-state index in [-0.39, 0.29) is 29.4 Å². The Kier molecular flexibility index (Phi) is 4.97. The van der Waals surface area contributed by atoms with E-state index in [9.17, 15) is 13.2 Å². The molecule has 1 aliphatic heterocycles. The number of primary sulfonamides is 1. The van der Waals surface area contributed by atoms with Gasteiger partial charge in [0.05, 0.1) is 5.75 Å². The molecule has 0 aromatic heterocycles. The van der Waals surface area contributed by atoms with Crippen molar-refractivity contribution in [2.45, 2.75) is 20.3 Å². The Balaban J connectivity index is 2.59. The van der Waals surface area contributed by atoms with Crippen LogP contribution < -0.4 is 5.14 Å². The Labute approximate surface area is 116 Å². The highest BCUT2D eigenvalue weighted by atomic mass is 32.2. The Morgan fingerprint density at radius 3 is 2.47 bits per heavy atom. The van der Waals surface area contributed by atoms with E-state index in [2.05, 4.69) is 18.7 Å². The molecule has 0 aliphatic carbocycles. The number of hydrogen-bond donors (Lipinski definition) is 1. The van der Waals surface area contributed by atoms with E-state index in [0.717, 1.165) is 6.54 Å². The van der Waals surface area contributed by atoms with Crippen LogP contribution in [0.3, 0.4) is 0 Å². The highest BCUT2D eigenvalue weighted by Crippen LogP contribution is 2.25. The Hall–Kier alpha value is -0.660. The number of nitrogens with two attached hydrogens (primary N) is 1. The van der Waals surface area contributed by atoms with Crippen LogP contribution in [0.4, 0.5) is 0 Å². The SMILES string of the molecule is CN(C)CC(C)(C)CN1CC(CS(N)(=O)=O)CC1=O. The van der Waals surface area contributed by atoms with Crippen LogP contribution in [0.5, 0.6) is 0 Å². The minimum Gasteiger partial charge on any atom is -0.342 e. The second-order valence-electron chi connectivity index (χ2n) is 6.58. The average Bonchev–Trinajstić information content (AvgIpc) is 2.39. The van der Waals surface area contributed by atoms with E-state index < -0.39 is 10.0 Å². The maximum absolute atomic E-state index is 11.9. The van der Waals surface area contributed by atoms with Crippen LogP contribution in [0.2, 0.25) is 0 Å². The molecule has 19 heavy (non-hydrogen) atoms. The van der Waals surface area contributed by atoms with Crippen LogP contribution in [-0.2, 0) is 14.8 Å². The quantitative estimate of drug-likeness (QED) is 0.729. The van der Waals surface area contributed by atoms with Crippen LogP contribution in [0.15, 0.2) is 0 Å². The lowest BCUT2D eigenvalue weighted by Gasteiger charge is -2.32. The average molecular weight is 291 g/mol. The summed E-state index contributed by atoms with van der Waals surface area (Å²) in [6.07, 6.45) is 0.286. The van der Waals surface area contributed by atoms with Crippen LogP contribution >= 0.6 is 0 Å². The molecule has 1 saturated heterocycles. The maximum atomic E-state index is 11.9. The first kappa shape index (κ1) is 16.4. The number of hydrogen-bond acceptors (Lipinski definition) is 4. The summed E-state index contributed by atoms with van der Waals surface area (Å²) < 4.78 is 22.1. The van der Waals surface area contributed by atoms with Gasteiger partial charge in [-0.05, 0) is 19.5 Å². The van der Waals surface area contributed by atoms with Gasteiger partial charge < -0.3 is 9.80 Å². The number of carbonyl (C=O) groups is 1.